The highest BCUT2D eigenvalue weighted by atomic mass is 35.5. The summed E-state index contributed by atoms with van der Waals surface area (Å²) in [5, 5.41) is 3.36. The second-order valence-electron chi connectivity index (χ2n) is 4.16. The Balaban J connectivity index is 2.20. The van der Waals surface area contributed by atoms with E-state index >= 15 is 0 Å². The summed E-state index contributed by atoms with van der Waals surface area (Å²) >= 11 is 5.91. The Morgan fingerprint density at radius 2 is 2.00 bits per heavy atom. The number of amides is 1. The van der Waals surface area contributed by atoms with Crippen molar-refractivity contribution < 1.29 is 9.59 Å². The topological polar surface area (TPSA) is 46.2 Å². The number of aldehydes is 1. The number of nitrogens with one attached hydrogen (secondary N) is 1. The monoisotopic (exact) mass is 273 g/mol. The van der Waals surface area contributed by atoms with Gasteiger partial charge in [-0.05, 0) is 42.8 Å². The molecule has 0 spiro atoms. The molecule has 0 fully saturated rings. The minimum Gasteiger partial charge on any atom is -0.322 e. The van der Waals surface area contributed by atoms with Crippen LogP contribution in [0.2, 0.25) is 5.02 Å². The SMILES string of the molecule is Cc1cc(C(=O)Nc2cccc(C=O)c2)ccc1Cl. The summed E-state index contributed by atoms with van der Waals surface area (Å²) < 4.78 is 0. The van der Waals surface area contributed by atoms with E-state index in [0.29, 0.717) is 21.8 Å². The minimum atomic E-state index is -0.234. The van der Waals surface area contributed by atoms with Gasteiger partial charge in [-0.25, -0.2) is 0 Å². The Hall–Kier alpha value is -2.13. The van der Waals surface area contributed by atoms with Crippen LogP contribution in [0.25, 0.3) is 0 Å². The van der Waals surface area contributed by atoms with Gasteiger partial charge in [-0.1, -0.05) is 23.7 Å². The largest absolute Gasteiger partial charge is 0.322 e. The van der Waals surface area contributed by atoms with Gasteiger partial charge >= 0.3 is 0 Å². The normalized spacial score (nSPS) is 10.0. The van der Waals surface area contributed by atoms with Crippen LogP contribution in [0, 0.1) is 6.92 Å². The number of carbonyl (C=O) groups is 2. The van der Waals surface area contributed by atoms with Crippen LogP contribution in [-0.4, -0.2) is 12.2 Å². The van der Waals surface area contributed by atoms with Crippen molar-refractivity contribution in [3.8, 4) is 0 Å². The van der Waals surface area contributed by atoms with Crippen LogP contribution in [0.5, 0.6) is 0 Å². The zero-order chi connectivity index (χ0) is 13.8. The molecule has 0 saturated heterocycles. The van der Waals surface area contributed by atoms with Crippen LogP contribution in [-0.2, 0) is 0 Å². The highest BCUT2D eigenvalue weighted by molar-refractivity contribution is 6.31. The van der Waals surface area contributed by atoms with E-state index in [2.05, 4.69) is 5.32 Å². The number of hydrogen-bond donors (Lipinski definition) is 1. The first-order valence-electron chi connectivity index (χ1n) is 5.73. The van der Waals surface area contributed by atoms with Crippen LogP contribution in [0.15, 0.2) is 42.5 Å². The summed E-state index contributed by atoms with van der Waals surface area (Å²) in [4.78, 5) is 22.7. The Morgan fingerprint density at radius 1 is 1.21 bits per heavy atom. The van der Waals surface area contributed by atoms with Crippen molar-refractivity contribution in [1.29, 1.82) is 0 Å². The molecule has 0 aliphatic carbocycles. The van der Waals surface area contributed by atoms with Gasteiger partial charge in [0.2, 0.25) is 0 Å². The lowest BCUT2D eigenvalue weighted by Gasteiger charge is -2.07. The second kappa shape index (κ2) is 5.67. The number of aryl methyl sites for hydroxylation is 1. The number of rotatable bonds is 3. The molecular weight excluding hydrogens is 262 g/mol. The summed E-state index contributed by atoms with van der Waals surface area (Å²) in [6.45, 7) is 1.84. The lowest BCUT2D eigenvalue weighted by atomic mass is 10.1. The first kappa shape index (κ1) is 13.3. The van der Waals surface area contributed by atoms with Gasteiger partial charge in [0.25, 0.3) is 5.91 Å². The smallest absolute Gasteiger partial charge is 0.255 e. The fourth-order valence-corrected chi connectivity index (χ4v) is 1.80. The van der Waals surface area contributed by atoms with Crippen molar-refractivity contribution in [2.24, 2.45) is 0 Å². The van der Waals surface area contributed by atoms with E-state index < -0.39 is 0 Å². The second-order valence-corrected chi connectivity index (χ2v) is 4.57. The summed E-state index contributed by atoms with van der Waals surface area (Å²) in [5.41, 5.74) is 2.47. The van der Waals surface area contributed by atoms with Gasteiger partial charge < -0.3 is 5.32 Å². The molecule has 0 heterocycles. The molecule has 0 bridgehead atoms. The first-order valence-corrected chi connectivity index (χ1v) is 6.10. The maximum atomic E-state index is 12.0. The molecule has 1 amide bonds. The lowest BCUT2D eigenvalue weighted by molar-refractivity contribution is 0.102. The molecule has 0 aliphatic rings. The zero-order valence-electron chi connectivity index (χ0n) is 10.3. The summed E-state index contributed by atoms with van der Waals surface area (Å²) in [6.07, 6.45) is 0.738. The van der Waals surface area contributed by atoms with Gasteiger partial charge in [-0.2, -0.15) is 0 Å². The standard InChI is InChI=1S/C15H12ClNO2/c1-10-7-12(5-6-14(10)16)15(19)17-13-4-2-3-11(8-13)9-18/h2-9H,1H3,(H,17,19). The number of hydrogen-bond acceptors (Lipinski definition) is 2. The summed E-state index contributed by atoms with van der Waals surface area (Å²) in [5.74, 6) is -0.234. The third-order valence-electron chi connectivity index (χ3n) is 2.70. The molecule has 4 heteroatoms. The Kier molecular flexibility index (Phi) is 3.97. The average Bonchev–Trinajstić information content (AvgIpc) is 2.42. The minimum absolute atomic E-state index is 0.234. The Bertz CT molecular complexity index is 638. The summed E-state index contributed by atoms with van der Waals surface area (Å²) in [7, 11) is 0. The molecule has 0 saturated carbocycles. The third-order valence-corrected chi connectivity index (χ3v) is 3.12. The molecule has 0 aromatic heterocycles. The van der Waals surface area contributed by atoms with E-state index in [-0.39, 0.29) is 5.91 Å². The zero-order valence-corrected chi connectivity index (χ0v) is 11.1. The number of benzene rings is 2. The Morgan fingerprint density at radius 3 is 2.68 bits per heavy atom. The van der Waals surface area contributed by atoms with Crippen LogP contribution in [0.1, 0.15) is 26.3 Å². The van der Waals surface area contributed by atoms with E-state index in [1.807, 2.05) is 6.92 Å². The molecule has 0 atom stereocenters. The van der Waals surface area contributed by atoms with Crippen molar-refractivity contribution >= 4 is 29.5 Å². The van der Waals surface area contributed by atoms with Gasteiger partial charge in [0.05, 0.1) is 0 Å². The highest BCUT2D eigenvalue weighted by Gasteiger charge is 2.07. The quantitative estimate of drug-likeness (QED) is 0.867. The van der Waals surface area contributed by atoms with E-state index in [1.54, 1.807) is 42.5 Å². The molecular formula is C15H12ClNO2. The van der Waals surface area contributed by atoms with Crippen molar-refractivity contribution in [3.05, 3.63) is 64.2 Å². The van der Waals surface area contributed by atoms with E-state index in [4.69, 9.17) is 11.6 Å². The van der Waals surface area contributed by atoms with Crippen molar-refractivity contribution in [1.82, 2.24) is 0 Å². The van der Waals surface area contributed by atoms with Crippen LogP contribution in [0.4, 0.5) is 5.69 Å². The predicted octanol–water partition coefficient (Wildman–Crippen LogP) is 3.71. The van der Waals surface area contributed by atoms with Crippen molar-refractivity contribution in [3.63, 3.8) is 0 Å². The van der Waals surface area contributed by atoms with Crippen molar-refractivity contribution in [2.75, 3.05) is 5.32 Å². The average molecular weight is 274 g/mol. The first-order chi connectivity index (χ1) is 9.10. The van der Waals surface area contributed by atoms with Gasteiger partial charge in [0.1, 0.15) is 6.29 Å². The molecule has 96 valence electrons. The fraction of sp³-hybridized carbons (Fsp3) is 0.0667. The molecule has 0 unspecified atom stereocenters. The van der Waals surface area contributed by atoms with E-state index in [0.717, 1.165) is 11.8 Å². The number of halogens is 1. The van der Waals surface area contributed by atoms with Crippen LogP contribution >= 0.6 is 11.6 Å². The van der Waals surface area contributed by atoms with E-state index in [1.165, 1.54) is 0 Å². The van der Waals surface area contributed by atoms with Gasteiger partial charge in [0.15, 0.2) is 0 Å². The molecule has 0 radical (unpaired) electrons. The van der Waals surface area contributed by atoms with Gasteiger partial charge in [0, 0.05) is 21.8 Å². The van der Waals surface area contributed by atoms with Crippen LogP contribution < -0.4 is 5.32 Å². The third kappa shape index (κ3) is 3.20. The highest BCUT2D eigenvalue weighted by Crippen LogP contribution is 2.17. The summed E-state index contributed by atoms with van der Waals surface area (Å²) in [6, 6.07) is 11.8. The Labute approximate surface area is 116 Å². The maximum Gasteiger partial charge on any atom is 0.255 e. The van der Waals surface area contributed by atoms with Crippen molar-refractivity contribution in [2.45, 2.75) is 6.92 Å². The van der Waals surface area contributed by atoms with Gasteiger partial charge in [-0.15, -0.1) is 0 Å². The molecule has 1 N–H and O–H groups in total. The van der Waals surface area contributed by atoms with Crippen LogP contribution in [0.3, 0.4) is 0 Å². The predicted molar refractivity (Wildman–Crippen MR) is 76.0 cm³/mol. The molecule has 0 aliphatic heterocycles. The molecule has 2 aromatic rings. The number of anilines is 1. The fourth-order valence-electron chi connectivity index (χ4n) is 1.68. The molecule has 2 rings (SSSR count). The van der Waals surface area contributed by atoms with Gasteiger partial charge in [-0.3, -0.25) is 9.59 Å². The lowest BCUT2D eigenvalue weighted by Crippen LogP contribution is -2.12. The maximum absolute atomic E-state index is 12.0. The molecule has 3 nitrogen and oxygen atoms in total. The number of carbonyl (C=O) groups excluding carboxylic acids is 2. The molecule has 19 heavy (non-hydrogen) atoms. The molecule has 2 aromatic carbocycles. The van der Waals surface area contributed by atoms with E-state index in [9.17, 15) is 9.59 Å².